The first-order valence-electron chi connectivity index (χ1n) is 5.84. The summed E-state index contributed by atoms with van der Waals surface area (Å²) in [5.41, 5.74) is 6.29. The van der Waals surface area contributed by atoms with Gasteiger partial charge in [0.05, 0.1) is 11.2 Å². The van der Waals surface area contributed by atoms with Gasteiger partial charge >= 0.3 is 7.12 Å². The van der Waals surface area contributed by atoms with Crippen LogP contribution in [-0.4, -0.2) is 23.3 Å². The average molecular weight is 244 g/mol. The van der Waals surface area contributed by atoms with E-state index < -0.39 is 18.3 Å². The van der Waals surface area contributed by atoms with Gasteiger partial charge in [0.15, 0.2) is 0 Å². The second kappa shape index (κ2) is 4.01. The predicted octanol–water partition coefficient (Wildman–Crippen LogP) is 0.944. The lowest BCUT2D eigenvalue weighted by Gasteiger charge is -2.32. The Hall–Kier alpha value is -1.51. The third-order valence-electron chi connectivity index (χ3n) is 3.62. The summed E-state index contributed by atoms with van der Waals surface area (Å²) in [4.78, 5) is 3.98. The van der Waals surface area contributed by atoms with Crippen LogP contribution in [0.3, 0.4) is 0 Å². The average Bonchev–Trinajstić information content (AvgIpc) is 2.48. The van der Waals surface area contributed by atoms with Crippen LogP contribution in [0.5, 0.6) is 0 Å². The van der Waals surface area contributed by atoms with Gasteiger partial charge in [-0.1, -0.05) is 5.92 Å². The molecule has 18 heavy (non-hydrogen) atoms. The molecule has 1 saturated heterocycles. The van der Waals surface area contributed by atoms with E-state index in [0.29, 0.717) is 11.4 Å². The number of hydrogen-bond acceptors (Lipinski definition) is 4. The van der Waals surface area contributed by atoms with E-state index in [-0.39, 0.29) is 0 Å². The summed E-state index contributed by atoms with van der Waals surface area (Å²) in [5, 5.41) is 0. The summed E-state index contributed by atoms with van der Waals surface area (Å²) in [6, 6.07) is 1.71. The molecule has 2 heterocycles. The highest BCUT2D eigenvalue weighted by Gasteiger charge is 2.52. The van der Waals surface area contributed by atoms with E-state index in [1.807, 2.05) is 27.7 Å². The number of nitrogens with two attached hydrogens (primary N) is 1. The van der Waals surface area contributed by atoms with Gasteiger partial charge in [0.1, 0.15) is 5.82 Å². The maximum absolute atomic E-state index is 5.95. The highest BCUT2D eigenvalue weighted by Crippen LogP contribution is 2.36. The van der Waals surface area contributed by atoms with Crippen molar-refractivity contribution < 1.29 is 9.31 Å². The molecule has 0 saturated carbocycles. The molecule has 0 unspecified atom stereocenters. The Bertz CT molecular complexity index is 504. The largest absolute Gasteiger partial charge is 0.496 e. The monoisotopic (exact) mass is 244 g/mol. The minimum atomic E-state index is -0.508. The number of terminal acetylenes is 1. The van der Waals surface area contributed by atoms with Crippen molar-refractivity contribution in [1.29, 1.82) is 0 Å². The molecule has 94 valence electrons. The minimum Gasteiger partial charge on any atom is -0.399 e. The Morgan fingerprint density at radius 1 is 1.28 bits per heavy atom. The first-order valence-corrected chi connectivity index (χ1v) is 5.84. The molecule has 1 aromatic heterocycles. The van der Waals surface area contributed by atoms with Crippen LogP contribution in [0.25, 0.3) is 0 Å². The Morgan fingerprint density at radius 2 is 1.83 bits per heavy atom. The molecule has 1 aliphatic heterocycles. The standard InChI is InChI=1S/C13H17BN2O2/c1-6-9-8-16-11(15)7-10(9)14-17-12(2,3)13(4,5)18-14/h1,7-8H,2-5H3,(H2,15,16). The summed E-state index contributed by atoms with van der Waals surface area (Å²) in [6.45, 7) is 7.97. The van der Waals surface area contributed by atoms with Crippen LogP contribution < -0.4 is 11.2 Å². The van der Waals surface area contributed by atoms with Crippen molar-refractivity contribution in [3.63, 3.8) is 0 Å². The van der Waals surface area contributed by atoms with E-state index in [0.717, 1.165) is 5.46 Å². The Balaban J connectivity index is 2.41. The normalized spacial score (nSPS) is 20.7. The first-order chi connectivity index (χ1) is 8.27. The van der Waals surface area contributed by atoms with E-state index in [9.17, 15) is 0 Å². The fraction of sp³-hybridized carbons (Fsp3) is 0.462. The molecule has 4 nitrogen and oxygen atoms in total. The highest BCUT2D eigenvalue weighted by atomic mass is 16.7. The van der Waals surface area contributed by atoms with Gasteiger partial charge in [-0.15, -0.1) is 6.42 Å². The highest BCUT2D eigenvalue weighted by molar-refractivity contribution is 6.63. The molecule has 0 amide bonds. The van der Waals surface area contributed by atoms with E-state index in [4.69, 9.17) is 21.5 Å². The van der Waals surface area contributed by atoms with Crippen LogP contribution in [0.2, 0.25) is 0 Å². The van der Waals surface area contributed by atoms with Crippen LogP contribution >= 0.6 is 0 Å². The molecular weight excluding hydrogens is 227 g/mol. The third kappa shape index (κ3) is 1.98. The topological polar surface area (TPSA) is 57.4 Å². The van der Waals surface area contributed by atoms with Crippen molar-refractivity contribution in [2.75, 3.05) is 5.73 Å². The number of rotatable bonds is 1. The number of aromatic nitrogens is 1. The Morgan fingerprint density at radius 3 is 2.33 bits per heavy atom. The maximum atomic E-state index is 5.95. The number of anilines is 1. The molecule has 0 atom stereocenters. The number of nitrogen functional groups attached to an aromatic ring is 1. The van der Waals surface area contributed by atoms with E-state index in [2.05, 4.69) is 10.9 Å². The molecule has 0 radical (unpaired) electrons. The summed E-state index contributed by atoms with van der Waals surface area (Å²) < 4.78 is 11.9. The van der Waals surface area contributed by atoms with Crippen molar-refractivity contribution in [2.45, 2.75) is 38.9 Å². The fourth-order valence-corrected chi connectivity index (χ4v) is 1.77. The molecule has 0 aromatic carbocycles. The lowest BCUT2D eigenvalue weighted by Crippen LogP contribution is -2.41. The zero-order valence-electron chi connectivity index (χ0n) is 11.2. The fourth-order valence-electron chi connectivity index (χ4n) is 1.77. The molecule has 0 aliphatic carbocycles. The van der Waals surface area contributed by atoms with Gasteiger partial charge in [0.2, 0.25) is 0 Å². The SMILES string of the molecule is C#Cc1cnc(N)cc1B1OC(C)(C)C(C)(C)O1. The van der Waals surface area contributed by atoms with Gasteiger partial charge in [-0.2, -0.15) is 0 Å². The van der Waals surface area contributed by atoms with Gasteiger partial charge in [0.25, 0.3) is 0 Å². The van der Waals surface area contributed by atoms with Gasteiger partial charge in [0, 0.05) is 17.2 Å². The molecule has 1 fully saturated rings. The first kappa shape index (κ1) is 12.9. The van der Waals surface area contributed by atoms with E-state index in [1.54, 1.807) is 12.3 Å². The van der Waals surface area contributed by atoms with Crippen LogP contribution in [0.4, 0.5) is 5.82 Å². The number of pyridine rings is 1. The number of nitrogens with zero attached hydrogens (tertiary/aromatic N) is 1. The second-order valence-corrected chi connectivity index (χ2v) is 5.43. The molecule has 0 spiro atoms. The lowest BCUT2D eigenvalue weighted by molar-refractivity contribution is 0.00578. The summed E-state index contributed by atoms with van der Waals surface area (Å²) >= 11 is 0. The van der Waals surface area contributed by atoms with Crippen LogP contribution in [0.15, 0.2) is 12.3 Å². The predicted molar refractivity (Wildman–Crippen MR) is 72.3 cm³/mol. The third-order valence-corrected chi connectivity index (χ3v) is 3.62. The van der Waals surface area contributed by atoms with Gasteiger partial charge < -0.3 is 15.0 Å². The lowest BCUT2D eigenvalue weighted by atomic mass is 9.76. The van der Waals surface area contributed by atoms with Crippen molar-refractivity contribution in [2.24, 2.45) is 0 Å². The summed E-state index contributed by atoms with van der Waals surface area (Å²) in [6.07, 6.45) is 7.03. The van der Waals surface area contributed by atoms with Gasteiger partial charge in [-0.05, 0) is 33.8 Å². The summed E-state index contributed by atoms with van der Waals surface area (Å²) in [7, 11) is -0.508. The maximum Gasteiger partial charge on any atom is 0.496 e. The van der Waals surface area contributed by atoms with Crippen LogP contribution in [-0.2, 0) is 9.31 Å². The Kier molecular flexibility index (Phi) is 2.88. The quantitative estimate of drug-likeness (QED) is 0.590. The molecular formula is C13H17BN2O2. The molecule has 1 aliphatic rings. The smallest absolute Gasteiger partial charge is 0.399 e. The zero-order chi connectivity index (χ0) is 13.6. The molecule has 2 rings (SSSR count). The molecule has 5 heteroatoms. The van der Waals surface area contributed by atoms with Crippen molar-refractivity contribution in [3.05, 3.63) is 17.8 Å². The molecule has 1 aromatic rings. The number of hydrogen-bond donors (Lipinski definition) is 1. The molecule has 2 N–H and O–H groups in total. The van der Waals surface area contributed by atoms with Crippen molar-refractivity contribution in [1.82, 2.24) is 4.98 Å². The van der Waals surface area contributed by atoms with E-state index >= 15 is 0 Å². The van der Waals surface area contributed by atoms with E-state index in [1.165, 1.54) is 0 Å². The van der Waals surface area contributed by atoms with Crippen LogP contribution in [0.1, 0.15) is 33.3 Å². The van der Waals surface area contributed by atoms with Crippen molar-refractivity contribution in [3.8, 4) is 12.3 Å². The van der Waals surface area contributed by atoms with Crippen molar-refractivity contribution >= 4 is 18.4 Å². The van der Waals surface area contributed by atoms with Crippen LogP contribution in [0, 0.1) is 12.3 Å². The second-order valence-electron chi connectivity index (χ2n) is 5.43. The summed E-state index contributed by atoms with van der Waals surface area (Å²) in [5.74, 6) is 2.98. The zero-order valence-corrected chi connectivity index (χ0v) is 11.2. The molecule has 0 bridgehead atoms. The van der Waals surface area contributed by atoms with Gasteiger partial charge in [-0.3, -0.25) is 0 Å². The Labute approximate surface area is 108 Å². The minimum absolute atomic E-state index is 0.401. The van der Waals surface area contributed by atoms with Gasteiger partial charge in [-0.25, -0.2) is 4.98 Å².